The van der Waals surface area contributed by atoms with E-state index >= 15 is 0 Å². The Morgan fingerprint density at radius 1 is 1.22 bits per heavy atom. The van der Waals surface area contributed by atoms with Crippen LogP contribution in [0.3, 0.4) is 0 Å². The normalized spacial score (nSPS) is 6.78. The van der Waals surface area contributed by atoms with E-state index in [1.54, 1.807) is 18.5 Å². The van der Waals surface area contributed by atoms with Crippen molar-refractivity contribution in [2.45, 2.75) is 0 Å². The molecule has 1 rings (SSSR count). The van der Waals surface area contributed by atoms with Crippen LogP contribution in [0.1, 0.15) is 0 Å². The number of rotatable bonds is 0. The van der Waals surface area contributed by atoms with Crippen LogP contribution in [0.25, 0.3) is 0 Å². The summed E-state index contributed by atoms with van der Waals surface area (Å²) in [6.07, 6.45) is 3.43. The van der Waals surface area contributed by atoms with Gasteiger partial charge in [-0.05, 0) is 6.07 Å². The summed E-state index contributed by atoms with van der Waals surface area (Å²) in [5, 5.41) is 0. The van der Waals surface area contributed by atoms with Gasteiger partial charge >= 0.3 is 29.6 Å². The summed E-state index contributed by atoms with van der Waals surface area (Å²) in [6.45, 7) is 0. The van der Waals surface area contributed by atoms with Crippen molar-refractivity contribution in [3.05, 3.63) is 22.3 Å². The topological polar surface area (TPSA) is 25.8 Å². The van der Waals surface area contributed by atoms with Gasteiger partial charge in [0.1, 0.15) is 0 Å². The zero-order chi connectivity index (χ0) is 5.11. The van der Waals surface area contributed by atoms with Crippen molar-refractivity contribution in [1.29, 1.82) is 0 Å². The fraction of sp³-hybridized carbons (Fsp3) is 0. The second-order valence-corrected chi connectivity index (χ2v) is 1.98. The van der Waals surface area contributed by atoms with Crippen LogP contribution in [-0.4, -0.2) is 9.97 Å². The quantitative estimate of drug-likeness (QED) is 0.265. The van der Waals surface area contributed by atoms with Crippen LogP contribution in [0.5, 0.6) is 0 Å². The van der Waals surface area contributed by atoms with E-state index in [2.05, 4.69) is 32.6 Å². The third-order valence-corrected chi connectivity index (χ3v) is 1.09. The minimum atomic E-state index is 0. The van der Waals surface area contributed by atoms with Gasteiger partial charge in [0.25, 0.3) is 0 Å². The molecule has 1 aromatic heterocycles. The van der Waals surface area contributed by atoms with Crippen molar-refractivity contribution < 1.29 is 53.5 Å². The smallest absolute Gasteiger partial charge is 1.00 e. The molecule has 1 aromatic rings. The van der Waals surface area contributed by atoms with Crippen molar-refractivity contribution in [2.24, 2.45) is 0 Å². The molecule has 1 heterocycles. The molecule has 2 nitrogen and oxygen atoms in total. The van der Waals surface area contributed by atoms with Crippen molar-refractivity contribution >= 4 is 22.6 Å². The van der Waals surface area contributed by atoms with Crippen molar-refractivity contribution in [3.8, 4) is 0 Å². The molecular formula is C4H3I2N2Na. The molecule has 0 aliphatic carbocycles. The summed E-state index contributed by atoms with van der Waals surface area (Å²) >= 11 is 2.06. The largest absolute Gasteiger partial charge is 1.00 e. The fourth-order valence-corrected chi connectivity index (χ4v) is 0.603. The molecule has 0 bridgehead atoms. The van der Waals surface area contributed by atoms with Crippen molar-refractivity contribution in [2.75, 3.05) is 0 Å². The van der Waals surface area contributed by atoms with Gasteiger partial charge < -0.3 is 24.0 Å². The number of halogens is 2. The molecular weight excluding hydrogens is 353 g/mol. The van der Waals surface area contributed by atoms with Gasteiger partial charge in [0.2, 0.25) is 0 Å². The van der Waals surface area contributed by atoms with E-state index in [1.165, 1.54) is 0 Å². The van der Waals surface area contributed by atoms with Gasteiger partial charge in [0, 0.05) is 35.0 Å². The molecule has 0 amide bonds. The maximum atomic E-state index is 3.85. The van der Waals surface area contributed by atoms with E-state index in [1.807, 2.05) is 0 Å². The Kier molecular flexibility index (Phi) is 11.2. The molecule has 0 saturated carbocycles. The van der Waals surface area contributed by atoms with Gasteiger partial charge in [0.05, 0.1) is 0 Å². The number of aromatic nitrogens is 2. The van der Waals surface area contributed by atoms with Crippen molar-refractivity contribution in [1.82, 2.24) is 9.97 Å². The second kappa shape index (κ2) is 7.64. The molecule has 0 fully saturated rings. The summed E-state index contributed by atoms with van der Waals surface area (Å²) in [4.78, 5) is 7.71. The van der Waals surface area contributed by atoms with Crippen molar-refractivity contribution in [3.63, 3.8) is 0 Å². The molecule has 0 aliphatic rings. The number of hydrogen-bond donors (Lipinski definition) is 0. The molecule has 0 unspecified atom stereocenters. The predicted octanol–water partition coefficient (Wildman–Crippen LogP) is -4.91. The SMILES string of the molecule is Ic1ncccn1.[I-].[Na+]. The summed E-state index contributed by atoms with van der Waals surface area (Å²) in [5.74, 6) is 0. The third-order valence-electron chi connectivity index (χ3n) is 0.534. The third kappa shape index (κ3) is 5.96. The minimum Gasteiger partial charge on any atom is -1.00 e. The van der Waals surface area contributed by atoms with E-state index in [0.717, 1.165) is 3.83 Å². The van der Waals surface area contributed by atoms with Gasteiger partial charge in [-0.1, -0.05) is 0 Å². The Labute approximate surface area is 107 Å². The maximum absolute atomic E-state index is 3.85. The van der Waals surface area contributed by atoms with E-state index in [9.17, 15) is 0 Å². The zero-order valence-corrected chi connectivity index (χ0v) is 11.2. The molecule has 44 valence electrons. The molecule has 0 aromatic carbocycles. The van der Waals surface area contributed by atoms with Crippen LogP contribution in [-0.2, 0) is 0 Å². The van der Waals surface area contributed by atoms with Gasteiger partial charge in [-0.2, -0.15) is 0 Å². The Bertz CT molecular complexity index is 146. The Morgan fingerprint density at radius 3 is 1.89 bits per heavy atom. The van der Waals surface area contributed by atoms with Crippen LogP contribution in [0, 0.1) is 3.83 Å². The Balaban J connectivity index is 0. The van der Waals surface area contributed by atoms with Crippen LogP contribution < -0.4 is 53.5 Å². The number of nitrogens with zero attached hydrogens (tertiary/aromatic N) is 2. The molecule has 0 radical (unpaired) electrons. The summed E-state index contributed by atoms with van der Waals surface area (Å²) < 4.78 is 0.792. The standard InChI is InChI=1S/C4H3IN2.HI.Na/c5-4-6-2-1-3-7-4;;/h1-3H;1H;/q;;+1/p-1. The summed E-state index contributed by atoms with van der Waals surface area (Å²) in [7, 11) is 0. The van der Waals surface area contributed by atoms with Crippen LogP contribution in [0.2, 0.25) is 0 Å². The molecule has 9 heavy (non-hydrogen) atoms. The van der Waals surface area contributed by atoms with Gasteiger partial charge in [-0.3, -0.25) is 0 Å². The maximum Gasteiger partial charge on any atom is 1.00 e. The van der Waals surface area contributed by atoms with E-state index in [0.29, 0.717) is 0 Å². The first-order valence-corrected chi connectivity index (χ1v) is 2.90. The molecule has 0 spiro atoms. The average molecular weight is 356 g/mol. The van der Waals surface area contributed by atoms with Gasteiger partial charge in [-0.15, -0.1) is 0 Å². The van der Waals surface area contributed by atoms with Gasteiger partial charge in [0.15, 0.2) is 3.83 Å². The Hall–Kier alpha value is 1.54. The predicted molar refractivity (Wildman–Crippen MR) is 34.7 cm³/mol. The van der Waals surface area contributed by atoms with Crippen LogP contribution in [0.15, 0.2) is 18.5 Å². The molecule has 0 N–H and O–H groups in total. The first-order valence-electron chi connectivity index (χ1n) is 1.82. The van der Waals surface area contributed by atoms with E-state index in [4.69, 9.17) is 0 Å². The first-order chi connectivity index (χ1) is 3.39. The fourth-order valence-electron chi connectivity index (χ4n) is 0.281. The molecule has 0 atom stereocenters. The van der Waals surface area contributed by atoms with E-state index in [-0.39, 0.29) is 53.5 Å². The zero-order valence-electron chi connectivity index (χ0n) is 4.88. The minimum absolute atomic E-state index is 0. The second-order valence-electron chi connectivity index (χ2n) is 1.02. The summed E-state index contributed by atoms with van der Waals surface area (Å²) in [5.41, 5.74) is 0. The average Bonchev–Trinajstić information content (AvgIpc) is 1.69. The monoisotopic (exact) mass is 356 g/mol. The van der Waals surface area contributed by atoms with Crippen LogP contribution >= 0.6 is 22.6 Å². The molecule has 5 heteroatoms. The molecule has 0 saturated heterocycles. The first kappa shape index (κ1) is 13.2. The van der Waals surface area contributed by atoms with Crippen LogP contribution in [0.4, 0.5) is 0 Å². The van der Waals surface area contributed by atoms with Gasteiger partial charge in [-0.25, -0.2) is 9.97 Å². The summed E-state index contributed by atoms with van der Waals surface area (Å²) in [6, 6.07) is 1.79. The Morgan fingerprint density at radius 2 is 1.67 bits per heavy atom. The number of hydrogen-bond acceptors (Lipinski definition) is 2. The molecule has 0 aliphatic heterocycles. The van der Waals surface area contributed by atoms with E-state index < -0.39 is 0 Å².